The van der Waals surface area contributed by atoms with Crippen LogP contribution in [-0.4, -0.2) is 53.8 Å². The third-order valence-corrected chi connectivity index (χ3v) is 5.75. The maximum atomic E-state index is 12.8. The van der Waals surface area contributed by atoms with Crippen molar-refractivity contribution in [2.45, 2.75) is 19.3 Å². The van der Waals surface area contributed by atoms with Gasteiger partial charge in [-0.2, -0.15) is 0 Å². The van der Waals surface area contributed by atoms with Gasteiger partial charge in [-0.25, -0.2) is 4.79 Å². The van der Waals surface area contributed by atoms with Crippen molar-refractivity contribution >= 4 is 29.2 Å². The molecule has 0 unspecified atom stereocenters. The summed E-state index contributed by atoms with van der Waals surface area (Å²) in [6.07, 6.45) is 3.15. The minimum Gasteiger partial charge on any atom is -0.339 e. The second-order valence-electron chi connectivity index (χ2n) is 7.77. The van der Waals surface area contributed by atoms with Crippen molar-refractivity contribution in [3.05, 3.63) is 60.2 Å². The topological polar surface area (TPSA) is 81.8 Å². The Morgan fingerprint density at radius 2 is 1.30 bits per heavy atom. The zero-order valence-electron chi connectivity index (χ0n) is 16.8. The van der Waals surface area contributed by atoms with E-state index < -0.39 is 0 Å². The normalized spacial score (nSPS) is 16.5. The lowest BCUT2D eigenvalue weighted by Gasteiger charge is -2.38. The van der Waals surface area contributed by atoms with Gasteiger partial charge in [0.25, 0.3) is 5.91 Å². The maximum absolute atomic E-state index is 12.8. The van der Waals surface area contributed by atoms with Gasteiger partial charge in [0.05, 0.1) is 0 Å². The number of rotatable bonds is 4. The highest BCUT2D eigenvalue weighted by Crippen LogP contribution is 2.28. The van der Waals surface area contributed by atoms with E-state index in [1.165, 1.54) is 0 Å². The molecule has 0 aromatic heterocycles. The van der Waals surface area contributed by atoms with E-state index in [9.17, 15) is 14.4 Å². The summed E-state index contributed by atoms with van der Waals surface area (Å²) >= 11 is 0. The van der Waals surface area contributed by atoms with Crippen LogP contribution in [0.3, 0.4) is 0 Å². The Hall–Kier alpha value is -3.35. The summed E-state index contributed by atoms with van der Waals surface area (Å²) in [7, 11) is 0. The Kier molecular flexibility index (Phi) is 5.97. The first-order chi connectivity index (χ1) is 14.6. The fourth-order valence-electron chi connectivity index (χ4n) is 3.74. The van der Waals surface area contributed by atoms with Crippen LogP contribution in [0, 0.1) is 5.92 Å². The molecule has 1 heterocycles. The fraction of sp³-hybridized carbons (Fsp3) is 0.348. The summed E-state index contributed by atoms with van der Waals surface area (Å²) in [6, 6.07) is 15.7. The largest absolute Gasteiger partial charge is 0.339 e. The van der Waals surface area contributed by atoms with E-state index in [4.69, 9.17) is 0 Å². The first kappa shape index (κ1) is 19.9. The Labute approximate surface area is 176 Å². The smallest absolute Gasteiger partial charge is 0.323 e. The van der Waals surface area contributed by atoms with Crippen molar-refractivity contribution in [1.29, 1.82) is 0 Å². The van der Waals surface area contributed by atoms with Crippen LogP contribution in [0.2, 0.25) is 0 Å². The molecule has 2 N–H and O–H groups in total. The molecule has 1 aliphatic carbocycles. The van der Waals surface area contributed by atoms with Gasteiger partial charge < -0.3 is 20.4 Å². The maximum Gasteiger partial charge on any atom is 0.323 e. The summed E-state index contributed by atoms with van der Waals surface area (Å²) < 4.78 is 0. The first-order valence-corrected chi connectivity index (χ1v) is 10.4. The molecule has 0 radical (unpaired) electrons. The average Bonchev–Trinajstić information content (AvgIpc) is 2.73. The van der Waals surface area contributed by atoms with Gasteiger partial charge in [0, 0.05) is 49.0 Å². The Balaban J connectivity index is 1.28. The predicted octanol–water partition coefficient (Wildman–Crippen LogP) is 3.42. The molecule has 7 nitrogen and oxygen atoms in total. The van der Waals surface area contributed by atoms with Gasteiger partial charge in [0.1, 0.15) is 0 Å². The minimum absolute atomic E-state index is 0.0500. The number of nitrogens with one attached hydrogen (secondary N) is 2. The molecule has 2 aliphatic rings. The van der Waals surface area contributed by atoms with Gasteiger partial charge in [0.15, 0.2) is 0 Å². The number of hydrogen-bond acceptors (Lipinski definition) is 3. The molecule has 2 aromatic carbocycles. The minimum atomic E-state index is -0.340. The lowest BCUT2D eigenvalue weighted by molar-refractivity contribution is -0.139. The van der Waals surface area contributed by atoms with Gasteiger partial charge in [-0.1, -0.05) is 24.6 Å². The van der Waals surface area contributed by atoms with Crippen molar-refractivity contribution in [2.24, 2.45) is 5.92 Å². The quantitative estimate of drug-likeness (QED) is 0.816. The molecule has 7 heteroatoms. The number of amides is 4. The first-order valence-electron chi connectivity index (χ1n) is 10.4. The molecule has 4 amide bonds. The standard InChI is InChI=1S/C23H26N4O3/c28-21(17-5-4-6-17)26-13-15-27(16-14-26)22(29)18-9-11-20(12-10-18)25-23(30)24-19-7-2-1-3-8-19/h1-3,7-12,17H,4-6,13-16H2,(H2,24,25,30). The summed E-state index contributed by atoms with van der Waals surface area (Å²) in [5.41, 5.74) is 1.88. The van der Waals surface area contributed by atoms with Crippen molar-refractivity contribution < 1.29 is 14.4 Å². The van der Waals surface area contributed by atoms with E-state index in [-0.39, 0.29) is 23.8 Å². The van der Waals surface area contributed by atoms with Gasteiger partial charge >= 0.3 is 6.03 Å². The predicted molar refractivity (Wildman–Crippen MR) is 115 cm³/mol. The number of carbonyl (C=O) groups excluding carboxylic acids is 3. The molecular formula is C23H26N4O3. The van der Waals surface area contributed by atoms with Gasteiger partial charge in [0.2, 0.25) is 5.91 Å². The molecule has 1 saturated heterocycles. The van der Waals surface area contributed by atoms with E-state index in [0.717, 1.165) is 19.3 Å². The number of carbonyl (C=O) groups is 3. The third-order valence-electron chi connectivity index (χ3n) is 5.75. The van der Waals surface area contributed by atoms with Crippen LogP contribution in [-0.2, 0) is 4.79 Å². The number of urea groups is 1. The number of piperazine rings is 1. The van der Waals surface area contributed by atoms with Crippen LogP contribution in [0.25, 0.3) is 0 Å². The molecule has 2 fully saturated rings. The molecule has 0 bridgehead atoms. The van der Waals surface area contributed by atoms with E-state index in [0.29, 0.717) is 43.1 Å². The molecule has 0 atom stereocenters. The SMILES string of the molecule is O=C(Nc1ccccc1)Nc1ccc(C(=O)N2CCN(C(=O)C3CCC3)CC2)cc1. The van der Waals surface area contributed by atoms with E-state index in [1.807, 2.05) is 23.1 Å². The number of anilines is 2. The van der Waals surface area contributed by atoms with Crippen LogP contribution < -0.4 is 10.6 Å². The zero-order valence-corrected chi connectivity index (χ0v) is 16.8. The highest BCUT2D eigenvalue weighted by atomic mass is 16.2. The Bertz CT molecular complexity index is 902. The molecule has 30 heavy (non-hydrogen) atoms. The number of para-hydroxylation sites is 1. The van der Waals surface area contributed by atoms with Gasteiger partial charge in [-0.3, -0.25) is 9.59 Å². The fourth-order valence-corrected chi connectivity index (χ4v) is 3.74. The molecule has 1 aliphatic heterocycles. The zero-order chi connectivity index (χ0) is 20.9. The van der Waals surface area contributed by atoms with E-state index in [1.54, 1.807) is 41.3 Å². The summed E-state index contributed by atoms with van der Waals surface area (Å²) in [6.45, 7) is 2.30. The Morgan fingerprint density at radius 1 is 0.733 bits per heavy atom. The highest BCUT2D eigenvalue weighted by Gasteiger charge is 2.32. The number of benzene rings is 2. The van der Waals surface area contributed by atoms with Crippen molar-refractivity contribution in [2.75, 3.05) is 36.8 Å². The Morgan fingerprint density at radius 3 is 1.87 bits per heavy atom. The second kappa shape index (κ2) is 8.98. The number of hydrogen-bond donors (Lipinski definition) is 2. The molecule has 1 saturated carbocycles. The lowest BCUT2D eigenvalue weighted by atomic mass is 9.84. The number of nitrogens with zero attached hydrogens (tertiary/aromatic N) is 2. The lowest BCUT2D eigenvalue weighted by Crippen LogP contribution is -2.52. The van der Waals surface area contributed by atoms with Crippen LogP contribution in [0.1, 0.15) is 29.6 Å². The second-order valence-corrected chi connectivity index (χ2v) is 7.77. The van der Waals surface area contributed by atoms with Crippen molar-refractivity contribution in [1.82, 2.24) is 9.80 Å². The summed E-state index contributed by atoms with van der Waals surface area (Å²) in [4.78, 5) is 40.9. The third kappa shape index (κ3) is 4.62. The van der Waals surface area contributed by atoms with Gasteiger partial charge in [-0.05, 0) is 49.2 Å². The molecule has 2 aromatic rings. The molecule has 4 rings (SSSR count). The van der Waals surface area contributed by atoms with Crippen LogP contribution >= 0.6 is 0 Å². The summed E-state index contributed by atoms with van der Waals surface area (Å²) in [5.74, 6) is 0.398. The molecular weight excluding hydrogens is 380 g/mol. The monoisotopic (exact) mass is 406 g/mol. The average molecular weight is 406 g/mol. The summed E-state index contributed by atoms with van der Waals surface area (Å²) in [5, 5.41) is 5.51. The highest BCUT2D eigenvalue weighted by molar-refractivity contribution is 6.00. The van der Waals surface area contributed by atoms with E-state index >= 15 is 0 Å². The molecule has 0 spiro atoms. The van der Waals surface area contributed by atoms with Crippen molar-refractivity contribution in [3.63, 3.8) is 0 Å². The van der Waals surface area contributed by atoms with E-state index in [2.05, 4.69) is 10.6 Å². The van der Waals surface area contributed by atoms with Crippen LogP contribution in [0.5, 0.6) is 0 Å². The molecule has 156 valence electrons. The van der Waals surface area contributed by atoms with Gasteiger partial charge in [-0.15, -0.1) is 0 Å². The van der Waals surface area contributed by atoms with Crippen molar-refractivity contribution in [3.8, 4) is 0 Å². The van der Waals surface area contributed by atoms with Crippen LogP contribution in [0.4, 0.5) is 16.2 Å². The van der Waals surface area contributed by atoms with Crippen LogP contribution in [0.15, 0.2) is 54.6 Å².